The zero-order valence-electron chi connectivity index (χ0n) is 17.4. The Hall–Kier alpha value is -3.42. The molecule has 1 saturated heterocycles. The third-order valence-electron chi connectivity index (χ3n) is 5.21. The van der Waals surface area contributed by atoms with E-state index in [4.69, 9.17) is 9.15 Å². The van der Waals surface area contributed by atoms with Gasteiger partial charge in [-0.25, -0.2) is 0 Å². The van der Waals surface area contributed by atoms with Crippen LogP contribution >= 0.6 is 0 Å². The van der Waals surface area contributed by atoms with Crippen LogP contribution in [0.2, 0.25) is 0 Å². The molecule has 3 aromatic rings. The van der Waals surface area contributed by atoms with Crippen LogP contribution in [0.1, 0.15) is 32.0 Å². The molecule has 7 heteroatoms. The number of nitrogens with zero attached hydrogens (tertiary/aromatic N) is 1. The van der Waals surface area contributed by atoms with E-state index in [1.165, 1.54) is 11.8 Å². The number of furan rings is 1. The Kier molecular flexibility index (Phi) is 6.45. The van der Waals surface area contributed by atoms with Crippen LogP contribution in [0.4, 0.5) is 11.4 Å². The van der Waals surface area contributed by atoms with E-state index in [1.54, 1.807) is 30.3 Å². The Morgan fingerprint density at radius 3 is 2.45 bits per heavy atom. The molecular weight excluding hydrogens is 394 g/mol. The predicted octanol–water partition coefficient (Wildman–Crippen LogP) is 3.92. The molecule has 31 heavy (non-hydrogen) atoms. The van der Waals surface area contributed by atoms with E-state index >= 15 is 0 Å². The molecule has 0 atom stereocenters. The summed E-state index contributed by atoms with van der Waals surface area (Å²) in [6.45, 7) is 6.15. The number of benzene rings is 2. The van der Waals surface area contributed by atoms with Crippen molar-refractivity contribution in [1.82, 2.24) is 4.90 Å². The first kappa shape index (κ1) is 20.8. The van der Waals surface area contributed by atoms with Crippen LogP contribution in [0, 0.1) is 6.92 Å². The number of aryl methyl sites for hydroxylation is 1. The van der Waals surface area contributed by atoms with Crippen molar-refractivity contribution in [2.75, 3.05) is 36.9 Å². The van der Waals surface area contributed by atoms with Gasteiger partial charge < -0.3 is 19.8 Å². The average molecular weight is 419 g/mol. The number of ether oxygens (including phenoxy) is 1. The number of carbonyl (C=O) groups is 2. The molecule has 2 N–H and O–H groups in total. The van der Waals surface area contributed by atoms with Crippen LogP contribution in [0.3, 0.4) is 0 Å². The Labute approximate surface area is 181 Å². The summed E-state index contributed by atoms with van der Waals surface area (Å²) < 4.78 is 10.5. The Balaban J connectivity index is 1.39. The Morgan fingerprint density at radius 2 is 1.74 bits per heavy atom. The average Bonchev–Trinajstić information content (AvgIpc) is 3.32. The predicted molar refractivity (Wildman–Crippen MR) is 118 cm³/mol. The lowest BCUT2D eigenvalue weighted by Gasteiger charge is -2.26. The minimum absolute atomic E-state index is 0.214. The standard InChI is InChI=1S/C24H25N3O4/c1-17-4-7-19(15-21(17)26-24(29)22-3-2-12-31-22)23(28)25-20-8-5-18(6-9-20)16-27-10-13-30-14-11-27/h2-9,12,15H,10-11,13-14,16H2,1H3,(H,25,28)(H,26,29). The molecule has 2 aromatic carbocycles. The smallest absolute Gasteiger partial charge is 0.291 e. The highest BCUT2D eigenvalue weighted by Crippen LogP contribution is 2.20. The van der Waals surface area contributed by atoms with Crippen LogP contribution in [0.5, 0.6) is 0 Å². The SMILES string of the molecule is Cc1ccc(C(=O)Nc2ccc(CN3CCOCC3)cc2)cc1NC(=O)c1ccco1. The number of hydrogen-bond acceptors (Lipinski definition) is 5. The maximum absolute atomic E-state index is 12.7. The lowest BCUT2D eigenvalue weighted by Crippen LogP contribution is -2.35. The fourth-order valence-electron chi connectivity index (χ4n) is 3.40. The van der Waals surface area contributed by atoms with Crippen LogP contribution < -0.4 is 10.6 Å². The van der Waals surface area contributed by atoms with E-state index in [-0.39, 0.29) is 17.6 Å². The molecule has 0 saturated carbocycles. The number of anilines is 2. The molecule has 160 valence electrons. The highest BCUT2D eigenvalue weighted by molar-refractivity contribution is 6.07. The summed E-state index contributed by atoms with van der Waals surface area (Å²) in [6, 6.07) is 16.3. The van der Waals surface area contributed by atoms with Crippen molar-refractivity contribution in [3.8, 4) is 0 Å². The van der Waals surface area contributed by atoms with Crippen molar-refractivity contribution in [1.29, 1.82) is 0 Å². The van der Waals surface area contributed by atoms with Gasteiger partial charge in [-0.1, -0.05) is 18.2 Å². The van der Waals surface area contributed by atoms with Crippen molar-refractivity contribution in [2.45, 2.75) is 13.5 Å². The summed E-state index contributed by atoms with van der Waals surface area (Å²) in [7, 11) is 0. The number of morpholine rings is 1. The molecule has 0 aliphatic carbocycles. The molecule has 4 rings (SSSR count). The first-order valence-corrected chi connectivity index (χ1v) is 10.2. The zero-order chi connectivity index (χ0) is 21.6. The molecule has 0 unspecified atom stereocenters. The van der Waals surface area contributed by atoms with Gasteiger partial charge in [0, 0.05) is 36.6 Å². The van der Waals surface area contributed by atoms with Gasteiger partial charge in [0.05, 0.1) is 19.5 Å². The highest BCUT2D eigenvalue weighted by atomic mass is 16.5. The lowest BCUT2D eigenvalue weighted by atomic mass is 10.1. The second-order valence-electron chi connectivity index (χ2n) is 7.50. The molecule has 2 heterocycles. The summed E-state index contributed by atoms with van der Waals surface area (Å²) in [6.07, 6.45) is 1.44. The number of rotatable bonds is 6. The molecule has 1 aromatic heterocycles. The largest absolute Gasteiger partial charge is 0.459 e. The summed E-state index contributed by atoms with van der Waals surface area (Å²) in [4.78, 5) is 27.3. The maximum atomic E-state index is 12.7. The highest BCUT2D eigenvalue weighted by Gasteiger charge is 2.14. The van der Waals surface area contributed by atoms with Gasteiger partial charge in [0.1, 0.15) is 0 Å². The second-order valence-corrected chi connectivity index (χ2v) is 7.50. The van der Waals surface area contributed by atoms with Crippen LogP contribution in [-0.4, -0.2) is 43.0 Å². The zero-order valence-corrected chi connectivity index (χ0v) is 17.4. The molecule has 2 amide bonds. The van der Waals surface area contributed by atoms with E-state index < -0.39 is 0 Å². The van der Waals surface area contributed by atoms with Gasteiger partial charge in [0.2, 0.25) is 0 Å². The molecule has 0 spiro atoms. The fraction of sp³-hybridized carbons (Fsp3) is 0.250. The van der Waals surface area contributed by atoms with Crippen LogP contribution in [0.25, 0.3) is 0 Å². The van der Waals surface area contributed by atoms with Gasteiger partial charge in [0.25, 0.3) is 11.8 Å². The maximum Gasteiger partial charge on any atom is 0.291 e. The van der Waals surface area contributed by atoms with Crippen molar-refractivity contribution < 1.29 is 18.7 Å². The molecule has 7 nitrogen and oxygen atoms in total. The van der Waals surface area contributed by atoms with Crippen LogP contribution in [0.15, 0.2) is 65.3 Å². The quantitative estimate of drug-likeness (QED) is 0.633. The van der Waals surface area contributed by atoms with E-state index in [9.17, 15) is 9.59 Å². The number of hydrogen-bond donors (Lipinski definition) is 2. The van der Waals surface area contributed by atoms with E-state index in [0.717, 1.165) is 44.1 Å². The number of carbonyl (C=O) groups excluding carboxylic acids is 2. The van der Waals surface area contributed by atoms with Crippen molar-refractivity contribution in [3.05, 3.63) is 83.3 Å². The summed E-state index contributed by atoms with van der Waals surface area (Å²) >= 11 is 0. The fourth-order valence-corrected chi connectivity index (χ4v) is 3.40. The van der Waals surface area contributed by atoms with Crippen molar-refractivity contribution >= 4 is 23.2 Å². The van der Waals surface area contributed by atoms with Gasteiger partial charge in [-0.3, -0.25) is 14.5 Å². The number of nitrogens with one attached hydrogen (secondary N) is 2. The van der Waals surface area contributed by atoms with Crippen molar-refractivity contribution in [2.24, 2.45) is 0 Å². The summed E-state index contributed by atoms with van der Waals surface area (Å²) in [5, 5.41) is 5.70. The number of amides is 2. The van der Waals surface area contributed by atoms with E-state index in [0.29, 0.717) is 11.3 Å². The van der Waals surface area contributed by atoms with E-state index in [2.05, 4.69) is 15.5 Å². The minimum atomic E-state index is -0.360. The molecule has 1 aliphatic rings. The normalized spacial score (nSPS) is 14.2. The van der Waals surface area contributed by atoms with E-state index in [1.807, 2.05) is 31.2 Å². The Morgan fingerprint density at radius 1 is 0.968 bits per heavy atom. The van der Waals surface area contributed by atoms with Gasteiger partial charge in [0.15, 0.2) is 5.76 Å². The third-order valence-corrected chi connectivity index (χ3v) is 5.21. The van der Waals surface area contributed by atoms with Crippen molar-refractivity contribution in [3.63, 3.8) is 0 Å². The van der Waals surface area contributed by atoms with Crippen LogP contribution in [-0.2, 0) is 11.3 Å². The molecule has 0 radical (unpaired) electrons. The first-order chi connectivity index (χ1) is 15.1. The second kappa shape index (κ2) is 9.59. The summed E-state index contributed by atoms with van der Waals surface area (Å²) in [5.74, 6) is -0.387. The van der Waals surface area contributed by atoms with Gasteiger partial charge >= 0.3 is 0 Å². The third kappa shape index (κ3) is 5.39. The molecule has 0 bridgehead atoms. The molecular formula is C24H25N3O4. The monoisotopic (exact) mass is 419 g/mol. The van der Waals surface area contributed by atoms with Gasteiger partial charge in [-0.05, 0) is 54.4 Å². The molecule has 1 fully saturated rings. The summed E-state index contributed by atoms with van der Waals surface area (Å²) in [5.41, 5.74) is 3.78. The first-order valence-electron chi connectivity index (χ1n) is 10.2. The minimum Gasteiger partial charge on any atom is -0.459 e. The van der Waals surface area contributed by atoms with Gasteiger partial charge in [-0.2, -0.15) is 0 Å². The van der Waals surface area contributed by atoms with Gasteiger partial charge in [-0.15, -0.1) is 0 Å². The topological polar surface area (TPSA) is 83.8 Å². The Bertz CT molecular complexity index is 1040. The molecule has 1 aliphatic heterocycles. The lowest BCUT2D eigenvalue weighted by molar-refractivity contribution is 0.0342.